The van der Waals surface area contributed by atoms with Crippen LogP contribution in [0.1, 0.15) is 245 Å². The van der Waals surface area contributed by atoms with Gasteiger partial charge in [0, 0.05) is 19.4 Å². The monoisotopic (exact) mass is 1220 g/mol. The molecule has 0 aliphatic rings. The molecule has 0 aromatic carbocycles. The molecular formula is C77H122NO8P. The number of hydrogen-bond donors (Lipinski definition) is 2. The first kappa shape index (κ1) is 81.8. The van der Waals surface area contributed by atoms with Crippen LogP contribution in [0.15, 0.2) is 194 Å². The van der Waals surface area contributed by atoms with Gasteiger partial charge in [-0.05, 0) is 141 Å². The zero-order valence-corrected chi connectivity index (χ0v) is 55.6. The molecule has 0 spiro atoms. The molecular weight excluding hydrogens is 1100 g/mol. The van der Waals surface area contributed by atoms with Crippen molar-refractivity contribution in [2.75, 3.05) is 26.4 Å². The third-order valence-corrected chi connectivity index (χ3v) is 14.5. The third-order valence-electron chi connectivity index (χ3n) is 13.5. The Hall–Kier alpha value is -5.15. The molecule has 0 saturated heterocycles. The molecule has 0 aromatic rings. The van der Waals surface area contributed by atoms with Crippen LogP contribution in [0.4, 0.5) is 0 Å². The maximum Gasteiger partial charge on any atom is 0.472 e. The molecule has 488 valence electrons. The molecule has 2 unspecified atom stereocenters. The Bertz CT molecular complexity index is 2130. The van der Waals surface area contributed by atoms with Gasteiger partial charge < -0.3 is 20.1 Å². The van der Waals surface area contributed by atoms with E-state index in [4.69, 9.17) is 24.3 Å². The van der Waals surface area contributed by atoms with E-state index in [2.05, 4.69) is 208 Å². The van der Waals surface area contributed by atoms with Gasteiger partial charge in [0.25, 0.3) is 0 Å². The second-order valence-electron chi connectivity index (χ2n) is 21.6. The Balaban J connectivity index is 4.03. The average molecular weight is 1220 g/mol. The van der Waals surface area contributed by atoms with Crippen LogP contribution < -0.4 is 5.73 Å². The summed E-state index contributed by atoms with van der Waals surface area (Å²) in [5.41, 5.74) is 5.40. The minimum absolute atomic E-state index is 0.0391. The van der Waals surface area contributed by atoms with Gasteiger partial charge in [-0.15, -0.1) is 0 Å². The molecule has 0 aliphatic carbocycles. The molecule has 0 radical (unpaired) electrons. The number of esters is 2. The van der Waals surface area contributed by atoms with Crippen LogP contribution >= 0.6 is 7.82 Å². The molecule has 9 nitrogen and oxygen atoms in total. The van der Waals surface area contributed by atoms with E-state index in [-0.39, 0.29) is 32.6 Å². The van der Waals surface area contributed by atoms with E-state index < -0.39 is 32.5 Å². The van der Waals surface area contributed by atoms with E-state index in [1.54, 1.807) is 0 Å². The van der Waals surface area contributed by atoms with Crippen molar-refractivity contribution in [1.82, 2.24) is 0 Å². The lowest BCUT2D eigenvalue weighted by Gasteiger charge is -2.19. The molecule has 0 bridgehead atoms. The van der Waals surface area contributed by atoms with E-state index in [1.165, 1.54) is 51.4 Å². The van der Waals surface area contributed by atoms with E-state index >= 15 is 0 Å². The number of phosphoric ester groups is 1. The van der Waals surface area contributed by atoms with Gasteiger partial charge in [0.1, 0.15) is 6.61 Å². The number of hydrogen-bond acceptors (Lipinski definition) is 8. The minimum Gasteiger partial charge on any atom is -0.462 e. The highest BCUT2D eigenvalue weighted by molar-refractivity contribution is 7.47. The molecule has 87 heavy (non-hydrogen) atoms. The summed E-state index contributed by atoms with van der Waals surface area (Å²) in [6.07, 6.45) is 106. The number of rotatable bonds is 61. The fourth-order valence-corrected chi connectivity index (χ4v) is 9.31. The summed E-state index contributed by atoms with van der Waals surface area (Å²) < 4.78 is 33.1. The predicted octanol–water partition coefficient (Wildman–Crippen LogP) is 22.5. The number of ether oxygens (including phenoxy) is 2. The van der Waals surface area contributed by atoms with Gasteiger partial charge in [-0.25, -0.2) is 4.57 Å². The Kier molecular flexibility index (Phi) is 65.8. The predicted molar refractivity (Wildman–Crippen MR) is 375 cm³/mol. The molecule has 0 rings (SSSR count). The average Bonchev–Trinajstić information content (AvgIpc) is 3.65. The third kappa shape index (κ3) is 69.8. The molecule has 10 heteroatoms. The molecule has 0 aliphatic heterocycles. The number of carbonyl (C=O) groups is 2. The largest absolute Gasteiger partial charge is 0.472 e. The Labute approximate surface area is 532 Å². The summed E-state index contributed by atoms with van der Waals surface area (Å²) in [4.78, 5) is 35.3. The molecule has 0 aromatic heterocycles. The number of nitrogens with two attached hydrogens (primary N) is 1. The normalized spacial score (nSPS) is 14.2. The van der Waals surface area contributed by atoms with Crippen molar-refractivity contribution in [3.8, 4) is 0 Å². The number of unbranched alkanes of at least 4 members (excludes halogenated alkanes) is 16. The zero-order valence-electron chi connectivity index (χ0n) is 54.7. The van der Waals surface area contributed by atoms with Crippen LogP contribution in [0.2, 0.25) is 0 Å². The SMILES string of the molecule is CC/C=C\C/C=C\C/C=C\C/C=C\C/C=C\C/C=C\C/C=C\C/C=C\CCCCCCCCCCCCCCC(=O)OC(COC(=O)CCCCCC/C=C\C/C=C\C/C=C\C/C=C\C/C=C\C/C=C\C/C=C\C/C=C\CC)COP(=O)(O)OCCN. The van der Waals surface area contributed by atoms with Gasteiger partial charge in [0.05, 0.1) is 13.2 Å². The van der Waals surface area contributed by atoms with Gasteiger partial charge in [-0.3, -0.25) is 18.6 Å². The molecule has 2 atom stereocenters. The van der Waals surface area contributed by atoms with Crippen molar-refractivity contribution in [3.63, 3.8) is 0 Å². The van der Waals surface area contributed by atoms with Gasteiger partial charge >= 0.3 is 19.8 Å². The summed E-state index contributed by atoms with van der Waals surface area (Å²) in [7, 11) is -4.41. The second-order valence-corrected chi connectivity index (χ2v) is 23.0. The van der Waals surface area contributed by atoms with Crippen LogP contribution in [0.25, 0.3) is 0 Å². The maximum atomic E-state index is 12.8. The van der Waals surface area contributed by atoms with Crippen molar-refractivity contribution in [1.29, 1.82) is 0 Å². The summed E-state index contributed by atoms with van der Waals surface area (Å²) in [6, 6.07) is 0. The maximum absolute atomic E-state index is 12.8. The van der Waals surface area contributed by atoms with Crippen LogP contribution in [-0.2, 0) is 32.7 Å². The lowest BCUT2D eigenvalue weighted by molar-refractivity contribution is -0.161. The minimum atomic E-state index is -4.41. The molecule has 0 saturated carbocycles. The first-order valence-corrected chi connectivity index (χ1v) is 35.4. The van der Waals surface area contributed by atoms with Crippen molar-refractivity contribution < 1.29 is 37.6 Å². The summed E-state index contributed by atoms with van der Waals surface area (Å²) in [6.45, 7) is 3.46. The lowest BCUT2D eigenvalue weighted by atomic mass is 10.0. The van der Waals surface area contributed by atoms with E-state index in [0.29, 0.717) is 12.8 Å². The fraction of sp³-hybridized carbons (Fsp3) is 0.558. The molecule has 0 heterocycles. The van der Waals surface area contributed by atoms with Crippen molar-refractivity contribution >= 4 is 19.8 Å². The number of allylic oxidation sites excluding steroid dienone is 32. The topological polar surface area (TPSA) is 134 Å². The highest BCUT2D eigenvalue weighted by atomic mass is 31.2. The van der Waals surface area contributed by atoms with Crippen LogP contribution in [0.5, 0.6) is 0 Å². The lowest BCUT2D eigenvalue weighted by Crippen LogP contribution is -2.29. The molecule has 3 N–H and O–H groups in total. The van der Waals surface area contributed by atoms with Crippen molar-refractivity contribution in [3.05, 3.63) is 194 Å². The smallest absolute Gasteiger partial charge is 0.462 e. The highest BCUT2D eigenvalue weighted by Crippen LogP contribution is 2.43. The van der Waals surface area contributed by atoms with Crippen molar-refractivity contribution in [2.45, 2.75) is 251 Å². The first-order valence-electron chi connectivity index (χ1n) is 33.9. The van der Waals surface area contributed by atoms with Gasteiger partial charge in [0.15, 0.2) is 6.10 Å². The van der Waals surface area contributed by atoms with Crippen LogP contribution in [0, 0.1) is 0 Å². The molecule has 0 amide bonds. The summed E-state index contributed by atoms with van der Waals surface area (Å²) in [5, 5.41) is 0. The molecule has 0 fully saturated rings. The Morgan fingerprint density at radius 1 is 0.345 bits per heavy atom. The zero-order chi connectivity index (χ0) is 63.0. The highest BCUT2D eigenvalue weighted by Gasteiger charge is 2.26. The van der Waals surface area contributed by atoms with E-state index in [0.717, 1.165) is 154 Å². The number of phosphoric acid groups is 1. The van der Waals surface area contributed by atoms with E-state index in [9.17, 15) is 19.0 Å². The standard InChI is InChI=1S/C77H122NO8P/c1-3-5-7-9-11-13-15-17-19-21-23-25-27-29-31-33-34-35-36-37-38-39-40-42-44-46-48-50-52-54-56-58-60-62-64-66-68-70-77(80)86-75(74-85-87(81,82)84-72-71-78)73-83-76(79)69-67-65-63-61-59-57-55-53-51-49-47-45-43-41-32-30-28-26-24-22-20-18-16-14-12-10-8-6-4-2/h5-8,11-14,17-20,23-26,29-32,34-35,37-38,40,42-43,45,49,51,55,57,75H,3-4,9-10,15-16,21-22,27-28,33,36,39,41,44,46-48,50,52-54,56,58-74,78H2,1-2H3,(H,81,82)/b7-5-,8-6-,13-11-,14-12-,19-17-,20-18-,25-23-,26-24-,31-29-,32-30-,35-34-,38-37-,42-40-,45-43-,51-49-,57-55-. The Morgan fingerprint density at radius 2 is 0.598 bits per heavy atom. The summed E-state index contributed by atoms with van der Waals surface area (Å²) in [5.74, 6) is -0.872. The van der Waals surface area contributed by atoms with Crippen LogP contribution in [-0.4, -0.2) is 49.3 Å². The van der Waals surface area contributed by atoms with Gasteiger partial charge in [0.2, 0.25) is 0 Å². The first-order chi connectivity index (χ1) is 42.8. The van der Waals surface area contributed by atoms with Gasteiger partial charge in [-0.1, -0.05) is 285 Å². The van der Waals surface area contributed by atoms with E-state index in [1.807, 2.05) is 0 Å². The second kappa shape index (κ2) is 69.9. The number of carbonyl (C=O) groups excluding carboxylic acids is 2. The quantitative estimate of drug-likeness (QED) is 0.0264. The van der Waals surface area contributed by atoms with Crippen LogP contribution in [0.3, 0.4) is 0 Å². The van der Waals surface area contributed by atoms with Crippen molar-refractivity contribution in [2.24, 2.45) is 5.73 Å². The van der Waals surface area contributed by atoms with Gasteiger partial charge in [-0.2, -0.15) is 0 Å². The summed E-state index contributed by atoms with van der Waals surface area (Å²) >= 11 is 0. The Morgan fingerprint density at radius 3 is 0.885 bits per heavy atom. The fourth-order valence-electron chi connectivity index (χ4n) is 8.55.